The van der Waals surface area contributed by atoms with Crippen molar-refractivity contribution in [2.45, 2.75) is 39.7 Å². The highest BCUT2D eigenvalue weighted by Gasteiger charge is 2.21. The van der Waals surface area contributed by atoms with Gasteiger partial charge in [-0.3, -0.25) is 4.79 Å². The average Bonchev–Trinajstić information content (AvgIpc) is 2.77. The van der Waals surface area contributed by atoms with Crippen LogP contribution in [0.4, 0.5) is 4.79 Å². The van der Waals surface area contributed by atoms with Gasteiger partial charge in [-0.1, -0.05) is 6.92 Å². The number of nitrogens with zero attached hydrogens (tertiary/aromatic N) is 2. The van der Waals surface area contributed by atoms with Crippen LogP contribution in [0.1, 0.15) is 41.9 Å². The van der Waals surface area contributed by atoms with Crippen LogP contribution in [0, 0.1) is 6.92 Å². The molecule has 0 aliphatic rings. The molecular formula is C13H21N3O3S. The van der Waals surface area contributed by atoms with Crippen molar-refractivity contribution >= 4 is 23.3 Å². The van der Waals surface area contributed by atoms with Crippen LogP contribution in [0.2, 0.25) is 0 Å². The Morgan fingerprint density at radius 1 is 1.50 bits per heavy atom. The van der Waals surface area contributed by atoms with Gasteiger partial charge in [-0.25, -0.2) is 9.78 Å². The van der Waals surface area contributed by atoms with E-state index in [0.717, 1.165) is 22.0 Å². The fraction of sp³-hybridized carbons (Fsp3) is 0.615. The largest absolute Gasteiger partial charge is 0.481 e. The van der Waals surface area contributed by atoms with Crippen molar-refractivity contribution in [2.24, 2.45) is 0 Å². The first kappa shape index (κ1) is 16.4. The molecule has 0 saturated heterocycles. The van der Waals surface area contributed by atoms with E-state index in [1.54, 1.807) is 23.3 Å². The third-order valence-corrected chi connectivity index (χ3v) is 4.55. The molecule has 2 N–H and O–H groups in total. The molecule has 1 aromatic rings. The number of rotatable bonds is 6. The summed E-state index contributed by atoms with van der Waals surface area (Å²) in [4.78, 5) is 29.4. The highest BCUT2D eigenvalue weighted by molar-refractivity contribution is 7.11. The van der Waals surface area contributed by atoms with Gasteiger partial charge in [0.05, 0.1) is 23.2 Å². The van der Waals surface area contributed by atoms with Gasteiger partial charge in [-0.05, 0) is 20.3 Å². The smallest absolute Gasteiger partial charge is 0.317 e. The van der Waals surface area contributed by atoms with Crippen molar-refractivity contribution in [3.63, 3.8) is 0 Å². The zero-order valence-corrected chi connectivity index (χ0v) is 13.1. The maximum atomic E-state index is 11.9. The summed E-state index contributed by atoms with van der Waals surface area (Å²) in [6, 6.07) is -0.359. The van der Waals surface area contributed by atoms with E-state index in [4.69, 9.17) is 5.11 Å². The molecule has 2 amide bonds. The number of carbonyl (C=O) groups excluding carboxylic acids is 1. The lowest BCUT2D eigenvalue weighted by Crippen LogP contribution is -2.39. The van der Waals surface area contributed by atoms with E-state index in [9.17, 15) is 9.59 Å². The molecule has 0 aliphatic heterocycles. The number of hydrogen-bond donors (Lipinski definition) is 2. The van der Waals surface area contributed by atoms with Crippen LogP contribution in [0.25, 0.3) is 0 Å². The number of carboxylic acid groups (broad SMARTS) is 1. The van der Waals surface area contributed by atoms with Crippen LogP contribution in [0.15, 0.2) is 0 Å². The highest BCUT2D eigenvalue weighted by Crippen LogP contribution is 2.28. The van der Waals surface area contributed by atoms with Gasteiger partial charge in [0.2, 0.25) is 0 Å². The summed E-state index contributed by atoms with van der Waals surface area (Å²) in [5.74, 6) is -0.924. The van der Waals surface area contributed by atoms with E-state index >= 15 is 0 Å². The number of urea groups is 1. The van der Waals surface area contributed by atoms with Crippen molar-refractivity contribution in [1.82, 2.24) is 15.2 Å². The molecule has 1 unspecified atom stereocenters. The fourth-order valence-corrected chi connectivity index (χ4v) is 2.86. The van der Waals surface area contributed by atoms with E-state index in [-0.39, 0.29) is 25.0 Å². The molecule has 1 heterocycles. The first-order chi connectivity index (χ1) is 9.36. The number of thiazole rings is 1. The quantitative estimate of drug-likeness (QED) is 0.843. The normalized spacial score (nSPS) is 12.0. The van der Waals surface area contributed by atoms with Crippen LogP contribution >= 0.6 is 11.3 Å². The van der Waals surface area contributed by atoms with Crippen molar-refractivity contribution in [3.05, 3.63) is 15.6 Å². The maximum absolute atomic E-state index is 11.9. The summed E-state index contributed by atoms with van der Waals surface area (Å²) in [7, 11) is 1.70. The van der Waals surface area contributed by atoms with Gasteiger partial charge >= 0.3 is 12.0 Å². The molecule has 0 radical (unpaired) electrons. The highest BCUT2D eigenvalue weighted by atomic mass is 32.1. The second-order valence-corrected chi connectivity index (χ2v) is 5.69. The summed E-state index contributed by atoms with van der Waals surface area (Å²) < 4.78 is 0. The molecule has 6 nitrogen and oxygen atoms in total. The van der Waals surface area contributed by atoms with Gasteiger partial charge in [0.1, 0.15) is 0 Å². The van der Waals surface area contributed by atoms with Gasteiger partial charge in [0.15, 0.2) is 0 Å². The zero-order valence-electron chi connectivity index (χ0n) is 12.3. The first-order valence-corrected chi connectivity index (χ1v) is 7.37. The molecule has 0 bridgehead atoms. The van der Waals surface area contributed by atoms with E-state index in [2.05, 4.69) is 17.2 Å². The Kier molecular flexibility index (Phi) is 5.94. The van der Waals surface area contributed by atoms with Gasteiger partial charge < -0.3 is 15.3 Å². The van der Waals surface area contributed by atoms with E-state index in [0.29, 0.717) is 0 Å². The minimum Gasteiger partial charge on any atom is -0.481 e. The number of aryl methyl sites for hydroxylation is 2. The molecule has 0 fully saturated rings. The van der Waals surface area contributed by atoms with E-state index < -0.39 is 5.97 Å². The molecule has 1 rings (SSSR count). The maximum Gasteiger partial charge on any atom is 0.317 e. The Bertz CT molecular complexity index is 487. The number of carbonyl (C=O) groups is 2. The van der Waals surface area contributed by atoms with Crippen LogP contribution in [0.5, 0.6) is 0 Å². The summed E-state index contributed by atoms with van der Waals surface area (Å²) in [6.07, 6.45) is 0.806. The van der Waals surface area contributed by atoms with Crippen LogP contribution < -0.4 is 5.32 Å². The summed E-state index contributed by atoms with van der Waals surface area (Å²) in [5, 5.41) is 12.2. The lowest BCUT2D eigenvalue weighted by atomic mass is 10.2. The predicted octanol–water partition coefficient (Wildman–Crippen LogP) is 2.19. The monoisotopic (exact) mass is 299 g/mol. The van der Waals surface area contributed by atoms with Crippen LogP contribution in [-0.2, 0) is 11.2 Å². The molecule has 0 spiro atoms. The summed E-state index contributed by atoms with van der Waals surface area (Å²) in [5.41, 5.74) is 0.949. The number of nitrogens with one attached hydrogen (secondary N) is 1. The molecule has 112 valence electrons. The summed E-state index contributed by atoms with van der Waals surface area (Å²) >= 11 is 1.62. The molecule has 1 atom stereocenters. The number of aliphatic carboxylic acids is 1. The average molecular weight is 299 g/mol. The SMILES string of the molecule is CCc1nc(C)c(C(C)N(C)C(=O)NCCC(=O)O)s1. The Balaban J connectivity index is 2.65. The molecule has 0 aliphatic carbocycles. The molecule has 20 heavy (non-hydrogen) atoms. The van der Waals surface area contributed by atoms with Gasteiger partial charge in [-0.15, -0.1) is 11.3 Å². The second kappa shape index (κ2) is 7.23. The molecule has 7 heteroatoms. The Labute approximate surface area is 122 Å². The van der Waals surface area contributed by atoms with Gasteiger partial charge in [-0.2, -0.15) is 0 Å². The third kappa shape index (κ3) is 4.19. The van der Waals surface area contributed by atoms with E-state index in [1.165, 1.54) is 0 Å². The first-order valence-electron chi connectivity index (χ1n) is 6.55. The topological polar surface area (TPSA) is 82.5 Å². The minimum atomic E-state index is -0.924. The van der Waals surface area contributed by atoms with Gasteiger partial charge in [0.25, 0.3) is 0 Å². The number of aromatic nitrogens is 1. The third-order valence-electron chi connectivity index (χ3n) is 3.08. The van der Waals surface area contributed by atoms with Crippen LogP contribution in [0.3, 0.4) is 0 Å². The summed E-state index contributed by atoms with van der Waals surface area (Å²) in [6.45, 7) is 6.07. The Morgan fingerprint density at radius 2 is 2.15 bits per heavy atom. The Hall–Kier alpha value is -1.63. The number of hydrogen-bond acceptors (Lipinski definition) is 4. The van der Waals surface area contributed by atoms with Crippen LogP contribution in [-0.4, -0.2) is 40.6 Å². The van der Waals surface area contributed by atoms with Crippen molar-refractivity contribution < 1.29 is 14.7 Å². The molecule has 0 aromatic carbocycles. The number of amides is 2. The lowest BCUT2D eigenvalue weighted by Gasteiger charge is -2.24. The molecule has 1 aromatic heterocycles. The molecular weight excluding hydrogens is 278 g/mol. The van der Waals surface area contributed by atoms with E-state index in [1.807, 2.05) is 13.8 Å². The lowest BCUT2D eigenvalue weighted by molar-refractivity contribution is -0.136. The van der Waals surface area contributed by atoms with Crippen molar-refractivity contribution in [2.75, 3.05) is 13.6 Å². The van der Waals surface area contributed by atoms with Crippen molar-refractivity contribution in [3.8, 4) is 0 Å². The van der Waals surface area contributed by atoms with Crippen molar-refractivity contribution in [1.29, 1.82) is 0 Å². The minimum absolute atomic E-state index is 0.0759. The second-order valence-electron chi connectivity index (χ2n) is 4.57. The Morgan fingerprint density at radius 3 is 2.65 bits per heavy atom. The predicted molar refractivity (Wildman–Crippen MR) is 78.1 cm³/mol. The number of carboxylic acids is 1. The standard InChI is InChI=1S/C13H21N3O3S/c1-5-10-15-8(2)12(20-10)9(3)16(4)13(19)14-7-6-11(17)18/h9H,5-7H2,1-4H3,(H,14,19)(H,17,18). The fourth-order valence-electron chi connectivity index (χ4n) is 1.76. The van der Waals surface area contributed by atoms with Gasteiger partial charge in [0, 0.05) is 18.5 Å². The zero-order chi connectivity index (χ0) is 15.3. The molecule has 0 saturated carbocycles.